The number of likely N-dealkylation sites (tertiary alicyclic amines) is 1. The average molecular weight is 429 g/mol. The molecule has 0 bridgehead atoms. The summed E-state index contributed by atoms with van der Waals surface area (Å²) in [7, 11) is 0. The highest BCUT2D eigenvalue weighted by Gasteiger charge is 2.24. The molecule has 0 aliphatic carbocycles. The van der Waals surface area contributed by atoms with Crippen LogP contribution in [-0.4, -0.2) is 42.5 Å². The lowest BCUT2D eigenvalue weighted by molar-refractivity contribution is -0.134. The van der Waals surface area contributed by atoms with Gasteiger partial charge in [-0.3, -0.25) is 9.59 Å². The van der Waals surface area contributed by atoms with Crippen molar-refractivity contribution in [3.63, 3.8) is 0 Å². The number of hydrogen-bond donors (Lipinski definition) is 1. The lowest BCUT2D eigenvalue weighted by atomic mass is 10.0. The van der Waals surface area contributed by atoms with E-state index in [1.165, 1.54) is 0 Å². The molecule has 5 heteroatoms. The van der Waals surface area contributed by atoms with Crippen molar-refractivity contribution in [2.45, 2.75) is 25.8 Å². The molecule has 1 N–H and O–H groups in total. The first-order chi connectivity index (χ1) is 15.6. The summed E-state index contributed by atoms with van der Waals surface area (Å²) in [6.07, 6.45) is 1.48. The van der Waals surface area contributed by atoms with Crippen molar-refractivity contribution >= 4 is 11.8 Å². The Bertz CT molecular complexity index is 1040. The lowest BCUT2D eigenvalue weighted by Gasteiger charge is -2.32. The van der Waals surface area contributed by atoms with Crippen molar-refractivity contribution in [3.05, 3.63) is 90.0 Å². The molecule has 3 aromatic carbocycles. The molecule has 3 aromatic rings. The first-order valence-electron chi connectivity index (χ1n) is 11.0. The molecular formula is C27H28N2O3. The predicted molar refractivity (Wildman–Crippen MR) is 126 cm³/mol. The monoisotopic (exact) mass is 428 g/mol. The zero-order valence-electron chi connectivity index (χ0n) is 18.3. The summed E-state index contributed by atoms with van der Waals surface area (Å²) in [5, 5.41) is 3.11. The van der Waals surface area contributed by atoms with Crippen LogP contribution in [0.15, 0.2) is 78.9 Å². The van der Waals surface area contributed by atoms with Crippen molar-refractivity contribution < 1.29 is 14.3 Å². The fraction of sp³-hybridized carbons (Fsp3) is 0.259. The molecule has 4 rings (SSSR count). The largest absolute Gasteiger partial charge is 0.484 e. The van der Waals surface area contributed by atoms with Gasteiger partial charge in [-0.1, -0.05) is 60.2 Å². The van der Waals surface area contributed by atoms with E-state index in [1.54, 1.807) is 0 Å². The number of ether oxygens (including phenoxy) is 1. The molecule has 164 valence electrons. The van der Waals surface area contributed by atoms with Gasteiger partial charge in [0.15, 0.2) is 6.61 Å². The van der Waals surface area contributed by atoms with E-state index in [2.05, 4.69) is 17.4 Å². The van der Waals surface area contributed by atoms with Crippen LogP contribution in [0.5, 0.6) is 5.75 Å². The number of carbonyl (C=O) groups is 2. The van der Waals surface area contributed by atoms with E-state index < -0.39 is 0 Å². The molecule has 5 nitrogen and oxygen atoms in total. The Morgan fingerprint density at radius 2 is 1.50 bits per heavy atom. The fourth-order valence-corrected chi connectivity index (χ4v) is 3.86. The van der Waals surface area contributed by atoms with Gasteiger partial charge in [0.2, 0.25) is 0 Å². The Kier molecular flexibility index (Phi) is 6.85. The second-order valence-corrected chi connectivity index (χ2v) is 8.17. The second-order valence-electron chi connectivity index (χ2n) is 8.17. The standard InChI is InChI=1S/C27H28N2O3/c1-20-7-13-25(14-8-20)32-19-26(30)29-17-15-24(16-18-29)28-27(31)23-11-9-22(10-12-23)21-5-3-2-4-6-21/h2-14,24H,15-19H2,1H3,(H,28,31). The molecule has 0 atom stereocenters. The van der Waals surface area contributed by atoms with Gasteiger partial charge in [0.05, 0.1) is 0 Å². The molecule has 2 amide bonds. The quantitative estimate of drug-likeness (QED) is 0.631. The molecule has 1 aliphatic heterocycles. The highest BCUT2D eigenvalue weighted by Crippen LogP contribution is 2.20. The Labute approximate surface area is 189 Å². The number of nitrogens with zero attached hydrogens (tertiary/aromatic N) is 1. The van der Waals surface area contributed by atoms with Crippen LogP contribution in [0.2, 0.25) is 0 Å². The minimum absolute atomic E-state index is 0.0214. The molecule has 32 heavy (non-hydrogen) atoms. The van der Waals surface area contributed by atoms with E-state index in [0.717, 1.165) is 29.5 Å². The summed E-state index contributed by atoms with van der Waals surface area (Å²) in [4.78, 5) is 26.9. The molecule has 0 radical (unpaired) electrons. The summed E-state index contributed by atoms with van der Waals surface area (Å²) in [5.41, 5.74) is 4.01. The number of nitrogens with one attached hydrogen (secondary N) is 1. The van der Waals surface area contributed by atoms with Crippen molar-refractivity contribution in [2.24, 2.45) is 0 Å². The average Bonchev–Trinajstić information content (AvgIpc) is 2.84. The van der Waals surface area contributed by atoms with E-state index >= 15 is 0 Å². The van der Waals surface area contributed by atoms with E-state index in [-0.39, 0.29) is 24.5 Å². The maximum Gasteiger partial charge on any atom is 0.260 e. The zero-order valence-corrected chi connectivity index (χ0v) is 18.3. The lowest BCUT2D eigenvalue weighted by Crippen LogP contribution is -2.47. The van der Waals surface area contributed by atoms with Gasteiger partial charge in [-0.15, -0.1) is 0 Å². The Hall–Kier alpha value is -3.60. The van der Waals surface area contributed by atoms with Crippen LogP contribution in [-0.2, 0) is 4.79 Å². The highest BCUT2D eigenvalue weighted by atomic mass is 16.5. The van der Waals surface area contributed by atoms with Gasteiger partial charge in [-0.25, -0.2) is 0 Å². The van der Waals surface area contributed by atoms with Crippen molar-refractivity contribution in [1.29, 1.82) is 0 Å². The smallest absolute Gasteiger partial charge is 0.260 e. The molecular weight excluding hydrogens is 400 g/mol. The molecule has 0 saturated carbocycles. The van der Waals surface area contributed by atoms with Gasteiger partial charge in [-0.2, -0.15) is 0 Å². The molecule has 0 spiro atoms. The molecule has 1 heterocycles. The summed E-state index contributed by atoms with van der Waals surface area (Å²) < 4.78 is 5.61. The fourth-order valence-electron chi connectivity index (χ4n) is 3.86. The first kappa shape index (κ1) is 21.6. The number of benzene rings is 3. The Balaban J connectivity index is 1.23. The van der Waals surface area contributed by atoms with Crippen LogP contribution in [0.25, 0.3) is 11.1 Å². The van der Waals surface area contributed by atoms with E-state index in [1.807, 2.05) is 78.6 Å². The molecule has 1 fully saturated rings. The van der Waals surface area contributed by atoms with Gasteiger partial charge < -0.3 is 15.0 Å². The SMILES string of the molecule is Cc1ccc(OCC(=O)N2CCC(NC(=O)c3ccc(-c4ccccc4)cc3)CC2)cc1. The van der Waals surface area contributed by atoms with Crippen LogP contribution >= 0.6 is 0 Å². The van der Waals surface area contributed by atoms with Gasteiger partial charge in [0.25, 0.3) is 11.8 Å². The van der Waals surface area contributed by atoms with Crippen LogP contribution in [0, 0.1) is 6.92 Å². The van der Waals surface area contributed by atoms with Crippen LogP contribution < -0.4 is 10.1 Å². The number of hydrogen-bond acceptors (Lipinski definition) is 3. The first-order valence-corrected chi connectivity index (χ1v) is 11.0. The van der Waals surface area contributed by atoms with Gasteiger partial charge >= 0.3 is 0 Å². The maximum atomic E-state index is 12.6. The van der Waals surface area contributed by atoms with Gasteiger partial charge in [0, 0.05) is 24.7 Å². The minimum Gasteiger partial charge on any atom is -0.484 e. The predicted octanol–water partition coefficient (Wildman–Crippen LogP) is 4.46. The summed E-state index contributed by atoms with van der Waals surface area (Å²) in [6.45, 7) is 3.29. The number of rotatable bonds is 6. The van der Waals surface area contributed by atoms with Gasteiger partial charge in [0.1, 0.15) is 5.75 Å². The third-order valence-electron chi connectivity index (χ3n) is 5.82. The van der Waals surface area contributed by atoms with E-state index in [4.69, 9.17) is 4.74 Å². The van der Waals surface area contributed by atoms with Gasteiger partial charge in [-0.05, 0) is 55.2 Å². The van der Waals surface area contributed by atoms with Crippen LogP contribution in [0.3, 0.4) is 0 Å². The maximum absolute atomic E-state index is 12.6. The number of amides is 2. The number of piperidine rings is 1. The third kappa shape index (κ3) is 5.55. The molecule has 1 saturated heterocycles. The van der Waals surface area contributed by atoms with Crippen molar-refractivity contribution in [3.8, 4) is 16.9 Å². The summed E-state index contributed by atoms with van der Waals surface area (Å²) in [6, 6.07) is 25.5. The Morgan fingerprint density at radius 1 is 0.875 bits per heavy atom. The number of carbonyl (C=O) groups excluding carboxylic acids is 2. The summed E-state index contributed by atoms with van der Waals surface area (Å²) in [5.74, 6) is 0.605. The van der Waals surface area contributed by atoms with E-state index in [9.17, 15) is 9.59 Å². The topological polar surface area (TPSA) is 58.6 Å². The third-order valence-corrected chi connectivity index (χ3v) is 5.82. The van der Waals surface area contributed by atoms with Crippen LogP contribution in [0.1, 0.15) is 28.8 Å². The van der Waals surface area contributed by atoms with Crippen molar-refractivity contribution in [1.82, 2.24) is 10.2 Å². The summed E-state index contributed by atoms with van der Waals surface area (Å²) >= 11 is 0. The van der Waals surface area contributed by atoms with E-state index in [0.29, 0.717) is 24.4 Å². The Morgan fingerprint density at radius 3 is 2.16 bits per heavy atom. The molecule has 1 aliphatic rings. The second kappa shape index (κ2) is 10.1. The zero-order chi connectivity index (χ0) is 22.3. The molecule has 0 aromatic heterocycles. The normalized spacial score (nSPS) is 14.1. The number of aryl methyl sites for hydroxylation is 1. The highest BCUT2D eigenvalue weighted by molar-refractivity contribution is 5.94. The minimum atomic E-state index is -0.0721. The van der Waals surface area contributed by atoms with Crippen LogP contribution in [0.4, 0.5) is 0 Å². The molecule has 0 unspecified atom stereocenters. The van der Waals surface area contributed by atoms with Crippen molar-refractivity contribution in [2.75, 3.05) is 19.7 Å².